The summed E-state index contributed by atoms with van der Waals surface area (Å²) in [5, 5.41) is 3.15. The number of hydrogen-bond acceptors (Lipinski definition) is 2. The Labute approximate surface area is 194 Å². The molecule has 0 radical (unpaired) electrons. The SMILES string of the molecule is COc1ccc(C2c3cccn3-c3ccccc3CN2C(=O)NCc2ccc(C)cc2)cc1. The molecule has 0 saturated heterocycles. The fourth-order valence-electron chi connectivity index (χ4n) is 4.46. The number of urea groups is 1. The molecular formula is C28H27N3O2. The van der Waals surface area contributed by atoms with E-state index in [1.807, 2.05) is 47.4 Å². The number of ether oxygens (including phenoxy) is 1. The van der Waals surface area contributed by atoms with Crippen LogP contribution < -0.4 is 10.1 Å². The van der Waals surface area contributed by atoms with E-state index in [9.17, 15) is 4.79 Å². The van der Waals surface area contributed by atoms with Crippen LogP contribution in [0.15, 0.2) is 91.1 Å². The maximum Gasteiger partial charge on any atom is 0.318 e. The van der Waals surface area contributed by atoms with Gasteiger partial charge in [0.15, 0.2) is 0 Å². The summed E-state index contributed by atoms with van der Waals surface area (Å²) in [4.78, 5) is 15.5. The van der Waals surface area contributed by atoms with E-state index in [0.717, 1.165) is 33.8 Å². The van der Waals surface area contributed by atoms with Gasteiger partial charge >= 0.3 is 6.03 Å². The number of aryl methyl sites for hydroxylation is 1. The third-order valence-electron chi connectivity index (χ3n) is 6.22. The second-order valence-corrected chi connectivity index (χ2v) is 8.38. The first-order valence-corrected chi connectivity index (χ1v) is 11.1. The average Bonchev–Trinajstić information content (AvgIpc) is 3.28. The van der Waals surface area contributed by atoms with Crippen LogP contribution in [-0.4, -0.2) is 22.6 Å². The van der Waals surface area contributed by atoms with Crippen LogP contribution in [0, 0.1) is 6.92 Å². The zero-order valence-electron chi connectivity index (χ0n) is 18.9. The lowest BCUT2D eigenvalue weighted by Crippen LogP contribution is -2.41. The Kier molecular flexibility index (Phi) is 5.61. The van der Waals surface area contributed by atoms with Gasteiger partial charge in [0.25, 0.3) is 0 Å². The lowest BCUT2D eigenvalue weighted by Gasteiger charge is -2.31. The van der Waals surface area contributed by atoms with Crippen molar-refractivity contribution >= 4 is 6.03 Å². The summed E-state index contributed by atoms with van der Waals surface area (Å²) in [7, 11) is 1.66. The Bertz CT molecular complexity index is 1260. The third kappa shape index (κ3) is 4.10. The molecule has 1 N–H and O–H groups in total. The Morgan fingerprint density at radius 2 is 1.73 bits per heavy atom. The molecule has 1 aromatic heterocycles. The third-order valence-corrected chi connectivity index (χ3v) is 6.22. The van der Waals surface area contributed by atoms with Crippen molar-refractivity contribution < 1.29 is 9.53 Å². The minimum absolute atomic E-state index is 0.0964. The maximum absolute atomic E-state index is 13.6. The number of carbonyl (C=O) groups excluding carboxylic acids is 1. The van der Waals surface area contributed by atoms with Crippen LogP contribution in [0.5, 0.6) is 5.75 Å². The summed E-state index contributed by atoms with van der Waals surface area (Å²) >= 11 is 0. The number of nitrogens with one attached hydrogen (secondary N) is 1. The van der Waals surface area contributed by atoms with Gasteiger partial charge in [-0.3, -0.25) is 0 Å². The molecule has 5 rings (SSSR count). The molecule has 2 amide bonds. The molecule has 0 fully saturated rings. The highest BCUT2D eigenvalue weighted by Crippen LogP contribution is 2.37. The Morgan fingerprint density at radius 3 is 2.48 bits per heavy atom. The quantitative estimate of drug-likeness (QED) is 0.451. The van der Waals surface area contributed by atoms with Crippen LogP contribution in [0.2, 0.25) is 0 Å². The molecule has 5 nitrogen and oxygen atoms in total. The zero-order valence-corrected chi connectivity index (χ0v) is 18.9. The minimum atomic E-state index is -0.240. The molecule has 4 aromatic rings. The Hall–Kier alpha value is -3.99. The minimum Gasteiger partial charge on any atom is -0.497 e. The fourth-order valence-corrected chi connectivity index (χ4v) is 4.46. The summed E-state index contributed by atoms with van der Waals surface area (Å²) in [5.41, 5.74) is 6.58. The number of amides is 2. The molecule has 1 unspecified atom stereocenters. The molecule has 3 aromatic carbocycles. The first-order chi connectivity index (χ1) is 16.1. The molecule has 2 heterocycles. The molecule has 0 saturated carbocycles. The van der Waals surface area contributed by atoms with Crippen LogP contribution in [0.3, 0.4) is 0 Å². The molecule has 1 aliphatic heterocycles. The highest BCUT2D eigenvalue weighted by Gasteiger charge is 2.32. The molecule has 1 aliphatic rings. The van der Waals surface area contributed by atoms with E-state index in [1.165, 1.54) is 5.56 Å². The number of hydrogen-bond donors (Lipinski definition) is 1. The van der Waals surface area contributed by atoms with Gasteiger partial charge in [0.2, 0.25) is 0 Å². The van der Waals surface area contributed by atoms with Crippen LogP contribution >= 0.6 is 0 Å². The molecule has 0 spiro atoms. The predicted octanol–water partition coefficient (Wildman–Crippen LogP) is 5.61. The first-order valence-electron chi connectivity index (χ1n) is 11.1. The molecular weight excluding hydrogens is 410 g/mol. The van der Waals surface area contributed by atoms with Crippen LogP contribution in [0.25, 0.3) is 5.69 Å². The molecule has 166 valence electrons. The van der Waals surface area contributed by atoms with Gasteiger partial charge in [0.1, 0.15) is 5.75 Å². The van der Waals surface area contributed by atoms with Crippen molar-refractivity contribution in [1.82, 2.24) is 14.8 Å². The van der Waals surface area contributed by atoms with Crippen molar-refractivity contribution in [3.05, 3.63) is 119 Å². The standard InChI is InChI=1S/C28H27N3O2/c1-20-9-11-21(12-10-20)18-29-28(32)31-19-23-6-3-4-7-25(23)30-17-5-8-26(30)27(31)22-13-15-24(33-2)16-14-22/h3-17,27H,18-19H2,1-2H3,(H,29,32). The monoisotopic (exact) mass is 437 g/mol. The number of rotatable bonds is 4. The van der Waals surface area contributed by atoms with Crippen molar-refractivity contribution in [2.45, 2.75) is 26.1 Å². The zero-order chi connectivity index (χ0) is 22.8. The normalized spacial score (nSPS) is 14.7. The van der Waals surface area contributed by atoms with E-state index >= 15 is 0 Å². The van der Waals surface area contributed by atoms with Gasteiger partial charge < -0.3 is 19.5 Å². The summed E-state index contributed by atoms with van der Waals surface area (Å²) < 4.78 is 7.55. The topological polar surface area (TPSA) is 46.5 Å². The predicted molar refractivity (Wildman–Crippen MR) is 130 cm³/mol. The van der Waals surface area contributed by atoms with E-state index in [2.05, 4.69) is 65.5 Å². The number of nitrogens with zero attached hydrogens (tertiary/aromatic N) is 2. The number of carbonyl (C=O) groups is 1. The molecule has 1 atom stereocenters. The van der Waals surface area contributed by atoms with Crippen molar-refractivity contribution in [3.63, 3.8) is 0 Å². The van der Waals surface area contributed by atoms with Gasteiger partial charge in [-0.15, -0.1) is 0 Å². The number of methoxy groups -OCH3 is 1. The van der Waals surface area contributed by atoms with E-state index < -0.39 is 0 Å². The van der Waals surface area contributed by atoms with Crippen molar-refractivity contribution in [2.75, 3.05) is 7.11 Å². The van der Waals surface area contributed by atoms with E-state index in [4.69, 9.17) is 4.74 Å². The van der Waals surface area contributed by atoms with Gasteiger partial charge in [-0.05, 0) is 53.9 Å². The first kappa shape index (κ1) is 20.9. The second-order valence-electron chi connectivity index (χ2n) is 8.38. The van der Waals surface area contributed by atoms with Crippen molar-refractivity contribution in [3.8, 4) is 11.4 Å². The lowest BCUT2D eigenvalue weighted by atomic mass is 10.0. The van der Waals surface area contributed by atoms with E-state index in [1.54, 1.807) is 7.11 Å². The van der Waals surface area contributed by atoms with Gasteiger partial charge in [0, 0.05) is 18.4 Å². The molecule has 5 heteroatoms. The van der Waals surface area contributed by atoms with Gasteiger partial charge in [-0.2, -0.15) is 0 Å². The van der Waals surface area contributed by atoms with Crippen LogP contribution in [0.1, 0.15) is 34.0 Å². The van der Waals surface area contributed by atoms with Gasteiger partial charge in [-0.25, -0.2) is 4.79 Å². The highest BCUT2D eigenvalue weighted by molar-refractivity contribution is 5.76. The maximum atomic E-state index is 13.6. The van der Waals surface area contributed by atoms with Gasteiger partial charge in [-0.1, -0.05) is 60.2 Å². The molecule has 33 heavy (non-hydrogen) atoms. The summed E-state index contributed by atoms with van der Waals surface area (Å²) in [5.74, 6) is 0.793. The summed E-state index contributed by atoms with van der Waals surface area (Å²) in [6.45, 7) is 3.05. The second kappa shape index (κ2) is 8.87. The number of aromatic nitrogens is 1. The van der Waals surface area contributed by atoms with Crippen LogP contribution in [-0.2, 0) is 13.1 Å². The van der Waals surface area contributed by atoms with E-state index in [-0.39, 0.29) is 12.1 Å². The average molecular weight is 438 g/mol. The van der Waals surface area contributed by atoms with Gasteiger partial charge in [0.05, 0.1) is 25.4 Å². The largest absolute Gasteiger partial charge is 0.497 e. The lowest BCUT2D eigenvalue weighted by molar-refractivity contribution is 0.180. The number of fused-ring (bicyclic) bond motifs is 3. The Balaban J connectivity index is 1.54. The van der Waals surface area contributed by atoms with Crippen molar-refractivity contribution in [2.24, 2.45) is 0 Å². The summed E-state index contributed by atoms with van der Waals surface area (Å²) in [6, 6.07) is 28.3. The highest BCUT2D eigenvalue weighted by atomic mass is 16.5. The summed E-state index contributed by atoms with van der Waals surface area (Å²) in [6.07, 6.45) is 2.07. The van der Waals surface area contributed by atoms with Crippen LogP contribution in [0.4, 0.5) is 4.79 Å². The van der Waals surface area contributed by atoms with E-state index in [0.29, 0.717) is 13.1 Å². The molecule has 0 bridgehead atoms. The molecule has 0 aliphatic carbocycles. The fraction of sp³-hybridized carbons (Fsp3) is 0.179. The van der Waals surface area contributed by atoms with Crippen molar-refractivity contribution in [1.29, 1.82) is 0 Å². The number of para-hydroxylation sites is 1. The smallest absolute Gasteiger partial charge is 0.318 e. The number of benzene rings is 3. The Morgan fingerprint density at radius 1 is 0.970 bits per heavy atom.